The zero-order valence-electron chi connectivity index (χ0n) is 13.3. The van der Waals surface area contributed by atoms with Gasteiger partial charge in [-0.2, -0.15) is 0 Å². The molecule has 1 atom stereocenters. The molecule has 120 valence electrons. The van der Waals surface area contributed by atoms with Crippen LogP contribution >= 0.6 is 23.7 Å². The molecule has 4 nitrogen and oxygen atoms in total. The lowest BCUT2D eigenvalue weighted by atomic mass is 9.99. The summed E-state index contributed by atoms with van der Waals surface area (Å²) in [7, 11) is 0. The van der Waals surface area contributed by atoms with Crippen LogP contribution in [0.5, 0.6) is 0 Å². The van der Waals surface area contributed by atoms with Crippen molar-refractivity contribution in [2.75, 3.05) is 5.32 Å². The van der Waals surface area contributed by atoms with Gasteiger partial charge in [-0.1, -0.05) is 6.07 Å². The Morgan fingerprint density at radius 2 is 1.91 bits per heavy atom. The fourth-order valence-corrected chi connectivity index (χ4v) is 2.88. The summed E-state index contributed by atoms with van der Waals surface area (Å²) < 4.78 is 0. The number of benzene rings is 1. The average molecular weight is 340 g/mol. The first-order valence-electron chi connectivity index (χ1n) is 6.96. The van der Waals surface area contributed by atoms with Crippen LogP contribution in [0.25, 0.3) is 11.3 Å². The number of nitrogens with two attached hydrogens (primary N) is 1. The number of hydrogen-bond donors (Lipinski definition) is 2. The maximum Gasteiger partial charge on any atom is 0.227 e. The average Bonchev–Trinajstić information content (AvgIpc) is 2.80. The van der Waals surface area contributed by atoms with E-state index in [9.17, 15) is 4.79 Å². The van der Waals surface area contributed by atoms with Gasteiger partial charge in [-0.05, 0) is 50.5 Å². The third-order valence-corrected chi connectivity index (χ3v) is 4.13. The molecule has 1 heterocycles. The van der Waals surface area contributed by atoms with Crippen molar-refractivity contribution in [1.29, 1.82) is 0 Å². The highest BCUT2D eigenvalue weighted by Crippen LogP contribution is 2.29. The highest BCUT2D eigenvalue weighted by Gasteiger charge is 2.11. The van der Waals surface area contributed by atoms with E-state index in [0.29, 0.717) is 11.6 Å². The van der Waals surface area contributed by atoms with Crippen LogP contribution in [0, 0.1) is 20.8 Å². The predicted molar refractivity (Wildman–Crippen MR) is 95.9 cm³/mol. The van der Waals surface area contributed by atoms with Gasteiger partial charge in [0.1, 0.15) is 0 Å². The van der Waals surface area contributed by atoms with Gasteiger partial charge in [-0.25, -0.2) is 4.98 Å². The third kappa shape index (κ3) is 4.53. The van der Waals surface area contributed by atoms with Crippen molar-refractivity contribution in [3.8, 4) is 11.3 Å². The van der Waals surface area contributed by atoms with Gasteiger partial charge in [0.2, 0.25) is 5.91 Å². The summed E-state index contributed by atoms with van der Waals surface area (Å²) in [6, 6.07) is 4.16. The Hall–Kier alpha value is -1.43. The van der Waals surface area contributed by atoms with Gasteiger partial charge in [0.25, 0.3) is 0 Å². The van der Waals surface area contributed by atoms with Gasteiger partial charge >= 0.3 is 0 Å². The first-order chi connectivity index (χ1) is 9.86. The third-order valence-electron chi connectivity index (χ3n) is 3.37. The number of carbonyl (C=O) groups excluding carboxylic acids is 1. The monoisotopic (exact) mass is 339 g/mol. The van der Waals surface area contributed by atoms with E-state index in [1.54, 1.807) is 0 Å². The van der Waals surface area contributed by atoms with Gasteiger partial charge in [0, 0.05) is 23.4 Å². The topological polar surface area (TPSA) is 68.0 Å². The quantitative estimate of drug-likeness (QED) is 0.889. The van der Waals surface area contributed by atoms with Crippen LogP contribution in [0.1, 0.15) is 30.0 Å². The molecule has 0 bridgehead atoms. The minimum atomic E-state index is -0.147. The van der Waals surface area contributed by atoms with Crippen LogP contribution < -0.4 is 11.1 Å². The lowest BCUT2D eigenvalue weighted by molar-refractivity contribution is -0.116. The Bertz CT molecular complexity index is 667. The molecule has 0 aliphatic carbocycles. The molecule has 0 radical (unpaired) electrons. The lowest BCUT2D eigenvalue weighted by Gasteiger charge is -2.07. The maximum atomic E-state index is 11.7. The van der Waals surface area contributed by atoms with Gasteiger partial charge in [-0.3, -0.25) is 4.79 Å². The van der Waals surface area contributed by atoms with Crippen molar-refractivity contribution in [3.05, 3.63) is 34.2 Å². The fourth-order valence-electron chi connectivity index (χ4n) is 2.15. The summed E-state index contributed by atoms with van der Waals surface area (Å²) in [4.78, 5) is 16.2. The zero-order valence-corrected chi connectivity index (χ0v) is 14.9. The standard InChI is InChI=1S/C16H21N3OS.ClH/c1-9-5-11(3)13(6-10(9)2)14-8-21-16(18-14)19-15(20)7-12(4)17;/h5-6,8,12H,7,17H2,1-4H3,(H,18,19,20);1H. The number of anilines is 1. The summed E-state index contributed by atoms with van der Waals surface area (Å²) in [6.07, 6.45) is 0.303. The number of nitrogens with one attached hydrogen (secondary N) is 1. The fraction of sp³-hybridized carbons (Fsp3) is 0.375. The molecular weight excluding hydrogens is 318 g/mol. The number of aryl methyl sites for hydroxylation is 3. The highest BCUT2D eigenvalue weighted by molar-refractivity contribution is 7.14. The van der Waals surface area contributed by atoms with Crippen LogP contribution in [0.2, 0.25) is 0 Å². The first-order valence-corrected chi connectivity index (χ1v) is 7.84. The molecule has 0 aliphatic rings. The number of nitrogens with zero attached hydrogens (tertiary/aromatic N) is 1. The molecule has 2 rings (SSSR count). The molecule has 1 unspecified atom stereocenters. The van der Waals surface area contributed by atoms with E-state index in [1.165, 1.54) is 28.0 Å². The zero-order chi connectivity index (χ0) is 15.6. The Kier molecular flexibility index (Phi) is 6.53. The molecule has 1 aromatic heterocycles. The number of aromatic nitrogens is 1. The van der Waals surface area contributed by atoms with E-state index in [0.717, 1.165) is 11.3 Å². The summed E-state index contributed by atoms with van der Waals surface area (Å²) in [5.41, 5.74) is 11.3. The molecule has 0 spiro atoms. The number of amides is 1. The van der Waals surface area contributed by atoms with Crippen LogP contribution in [-0.2, 0) is 4.79 Å². The van der Waals surface area contributed by atoms with Crippen LogP contribution in [0.15, 0.2) is 17.5 Å². The summed E-state index contributed by atoms with van der Waals surface area (Å²) in [6.45, 7) is 8.09. The summed E-state index contributed by atoms with van der Waals surface area (Å²) >= 11 is 1.43. The van der Waals surface area contributed by atoms with E-state index >= 15 is 0 Å². The van der Waals surface area contributed by atoms with E-state index in [-0.39, 0.29) is 24.4 Å². The van der Waals surface area contributed by atoms with Gasteiger partial charge in [0.15, 0.2) is 5.13 Å². The summed E-state index contributed by atoms with van der Waals surface area (Å²) in [5.74, 6) is -0.0947. The van der Waals surface area contributed by atoms with Gasteiger partial charge in [0.05, 0.1) is 5.69 Å². The molecule has 3 N–H and O–H groups in total. The van der Waals surface area contributed by atoms with Crippen molar-refractivity contribution in [1.82, 2.24) is 4.98 Å². The van der Waals surface area contributed by atoms with E-state index in [2.05, 4.69) is 43.2 Å². The van der Waals surface area contributed by atoms with Crippen molar-refractivity contribution in [2.24, 2.45) is 5.73 Å². The largest absolute Gasteiger partial charge is 0.327 e. The van der Waals surface area contributed by atoms with E-state index in [1.807, 2.05) is 12.3 Å². The summed E-state index contributed by atoms with van der Waals surface area (Å²) in [5, 5.41) is 5.39. The SMILES string of the molecule is Cc1cc(C)c(-c2csc(NC(=O)CC(C)N)n2)cc1C.Cl. The van der Waals surface area contributed by atoms with Crippen molar-refractivity contribution < 1.29 is 4.79 Å². The van der Waals surface area contributed by atoms with E-state index in [4.69, 9.17) is 5.73 Å². The molecule has 0 aliphatic heterocycles. The molecule has 1 amide bonds. The van der Waals surface area contributed by atoms with Crippen molar-refractivity contribution in [2.45, 2.75) is 40.2 Å². The highest BCUT2D eigenvalue weighted by atomic mass is 35.5. The number of halogens is 1. The normalized spacial score (nSPS) is 11.7. The van der Waals surface area contributed by atoms with E-state index < -0.39 is 0 Å². The first kappa shape index (κ1) is 18.6. The molecule has 0 saturated carbocycles. The Morgan fingerprint density at radius 1 is 1.27 bits per heavy atom. The van der Waals surface area contributed by atoms with Gasteiger partial charge in [-0.15, -0.1) is 23.7 Å². The Balaban J connectivity index is 0.00000242. The van der Waals surface area contributed by atoms with Crippen molar-refractivity contribution in [3.63, 3.8) is 0 Å². The molecule has 0 saturated heterocycles. The number of hydrogen-bond acceptors (Lipinski definition) is 4. The van der Waals surface area contributed by atoms with Crippen LogP contribution in [0.4, 0.5) is 5.13 Å². The number of rotatable bonds is 4. The Labute approximate surface area is 141 Å². The molecule has 0 fully saturated rings. The predicted octanol–water partition coefficient (Wildman–Crippen LogP) is 3.83. The minimum Gasteiger partial charge on any atom is -0.327 e. The second kappa shape index (κ2) is 7.72. The maximum absolute atomic E-state index is 11.7. The molecule has 2 aromatic rings. The molecular formula is C16H22ClN3OS. The lowest BCUT2D eigenvalue weighted by Crippen LogP contribution is -2.23. The minimum absolute atomic E-state index is 0. The van der Waals surface area contributed by atoms with Crippen molar-refractivity contribution >= 4 is 34.8 Å². The van der Waals surface area contributed by atoms with Gasteiger partial charge < -0.3 is 11.1 Å². The molecule has 22 heavy (non-hydrogen) atoms. The second-order valence-electron chi connectivity index (χ2n) is 5.52. The second-order valence-corrected chi connectivity index (χ2v) is 6.38. The number of thiazole rings is 1. The molecule has 1 aromatic carbocycles. The van der Waals surface area contributed by atoms with Crippen LogP contribution in [0.3, 0.4) is 0 Å². The molecule has 6 heteroatoms. The Morgan fingerprint density at radius 3 is 2.55 bits per heavy atom. The number of carbonyl (C=O) groups is 1. The van der Waals surface area contributed by atoms with Crippen LogP contribution in [-0.4, -0.2) is 16.9 Å². The smallest absolute Gasteiger partial charge is 0.227 e.